The fourth-order valence-corrected chi connectivity index (χ4v) is 2.11. The predicted octanol–water partition coefficient (Wildman–Crippen LogP) is 3.54. The first-order chi connectivity index (χ1) is 11.3. The van der Waals surface area contributed by atoms with Crippen molar-refractivity contribution in [3.8, 4) is 24.0 Å². The number of rotatable bonds is 0. The van der Waals surface area contributed by atoms with Gasteiger partial charge >= 0.3 is 0 Å². The summed E-state index contributed by atoms with van der Waals surface area (Å²) in [7, 11) is 0. The summed E-state index contributed by atoms with van der Waals surface area (Å²) in [5, 5.41) is 21.4. The number of nitrogens with zero attached hydrogens (tertiary/aromatic N) is 3. The Morgan fingerprint density at radius 1 is 0.870 bits per heavy atom. The minimum atomic E-state index is -0.0411. The highest BCUT2D eigenvalue weighted by Crippen LogP contribution is 2.31. The van der Waals surface area contributed by atoms with Crippen molar-refractivity contribution in [2.24, 2.45) is 4.99 Å². The molecule has 3 rings (SSSR count). The zero-order valence-electron chi connectivity index (χ0n) is 12.0. The average Bonchev–Trinajstić information content (AvgIpc) is 2.61. The van der Waals surface area contributed by atoms with Crippen molar-refractivity contribution < 1.29 is 0 Å². The number of hydrogen-bond donors (Lipinski definition) is 1. The van der Waals surface area contributed by atoms with Crippen LogP contribution in [0.15, 0.2) is 70.9 Å². The monoisotopic (exact) mass is 294 g/mol. The molecule has 4 nitrogen and oxygen atoms in total. The predicted molar refractivity (Wildman–Crippen MR) is 88.7 cm³/mol. The van der Waals surface area contributed by atoms with Gasteiger partial charge in [-0.25, -0.2) is 4.99 Å². The van der Waals surface area contributed by atoms with Crippen molar-refractivity contribution in [3.05, 3.63) is 71.4 Å². The zero-order valence-corrected chi connectivity index (χ0v) is 12.0. The molecule has 0 atom stereocenters. The van der Waals surface area contributed by atoms with Crippen LogP contribution in [0.5, 0.6) is 0 Å². The van der Waals surface area contributed by atoms with Crippen molar-refractivity contribution in [3.63, 3.8) is 0 Å². The van der Waals surface area contributed by atoms with E-state index in [0.717, 1.165) is 16.9 Å². The number of nitrogens with one attached hydrogen (secondary N) is 1. The Morgan fingerprint density at radius 3 is 2.30 bits per heavy atom. The minimum Gasteiger partial charge on any atom is -0.350 e. The Morgan fingerprint density at radius 2 is 1.57 bits per heavy atom. The number of nitriles is 2. The number of fused-ring (bicyclic) bond motifs is 1. The number of allylic oxidation sites excluding steroid dienone is 2. The van der Waals surface area contributed by atoms with Gasteiger partial charge in [0.2, 0.25) is 0 Å². The van der Waals surface area contributed by atoms with Crippen LogP contribution in [0, 0.1) is 34.5 Å². The van der Waals surface area contributed by atoms with Crippen molar-refractivity contribution >= 4 is 17.1 Å². The first-order valence-electron chi connectivity index (χ1n) is 6.88. The van der Waals surface area contributed by atoms with Crippen molar-refractivity contribution in [1.29, 1.82) is 10.5 Å². The molecule has 2 aromatic rings. The van der Waals surface area contributed by atoms with Gasteiger partial charge in [0.05, 0.1) is 11.4 Å². The lowest BCUT2D eigenvalue weighted by Crippen LogP contribution is -2.16. The fraction of sp³-hybridized carbons (Fsp3) is 0. The maximum atomic E-state index is 9.16. The van der Waals surface area contributed by atoms with Crippen molar-refractivity contribution in [1.82, 2.24) is 0 Å². The molecule has 0 radical (unpaired) electrons. The van der Waals surface area contributed by atoms with Crippen LogP contribution in [0.1, 0.15) is 5.56 Å². The fourth-order valence-electron chi connectivity index (χ4n) is 2.11. The van der Waals surface area contributed by atoms with Crippen LogP contribution >= 0.6 is 0 Å². The summed E-state index contributed by atoms with van der Waals surface area (Å²) in [6, 6.07) is 20.7. The lowest BCUT2D eigenvalue weighted by atomic mass is 10.1. The van der Waals surface area contributed by atoms with Crippen LogP contribution in [0.3, 0.4) is 0 Å². The number of aliphatic imine (C=N–C) groups is 1. The highest BCUT2D eigenvalue weighted by atomic mass is 15.0. The molecule has 0 saturated heterocycles. The second-order valence-electron chi connectivity index (χ2n) is 4.69. The summed E-state index contributed by atoms with van der Waals surface area (Å²) in [5.41, 5.74) is 2.99. The lowest BCUT2D eigenvalue weighted by Gasteiger charge is -2.17. The molecule has 0 unspecified atom stereocenters. The number of benzene rings is 2. The molecule has 1 N–H and O–H groups in total. The van der Waals surface area contributed by atoms with E-state index in [2.05, 4.69) is 22.2 Å². The van der Waals surface area contributed by atoms with Gasteiger partial charge < -0.3 is 5.32 Å². The molecular weight excluding hydrogens is 284 g/mol. The van der Waals surface area contributed by atoms with Gasteiger partial charge in [0.25, 0.3) is 0 Å². The molecule has 106 valence electrons. The number of hydrogen-bond acceptors (Lipinski definition) is 4. The molecule has 0 fully saturated rings. The van der Waals surface area contributed by atoms with E-state index in [1.807, 2.05) is 66.7 Å². The minimum absolute atomic E-state index is 0.0411. The second-order valence-corrected chi connectivity index (χ2v) is 4.69. The van der Waals surface area contributed by atoms with Crippen LogP contribution in [-0.4, -0.2) is 5.71 Å². The molecule has 4 heteroatoms. The molecule has 2 aromatic carbocycles. The molecule has 23 heavy (non-hydrogen) atoms. The first-order valence-corrected chi connectivity index (χ1v) is 6.88. The maximum absolute atomic E-state index is 9.16. The van der Waals surface area contributed by atoms with Gasteiger partial charge in [0.15, 0.2) is 5.57 Å². The maximum Gasteiger partial charge on any atom is 0.155 e. The quantitative estimate of drug-likeness (QED) is 0.596. The third kappa shape index (κ3) is 2.95. The molecule has 0 bridgehead atoms. The van der Waals surface area contributed by atoms with E-state index in [0.29, 0.717) is 11.4 Å². The van der Waals surface area contributed by atoms with Gasteiger partial charge in [-0.15, -0.1) is 0 Å². The first kappa shape index (κ1) is 14.1. The van der Waals surface area contributed by atoms with Gasteiger partial charge in [-0.3, -0.25) is 0 Å². The SMILES string of the molecule is N#CC(C#N)=C1Nc2ccccc2N=C1C#Cc1ccccc1. The molecular formula is C19H10N4. The molecule has 0 spiro atoms. The van der Waals surface area contributed by atoms with Crippen molar-refractivity contribution in [2.75, 3.05) is 5.32 Å². The summed E-state index contributed by atoms with van der Waals surface area (Å²) in [5.74, 6) is 5.96. The average molecular weight is 294 g/mol. The highest BCUT2D eigenvalue weighted by Gasteiger charge is 2.19. The molecule has 0 aliphatic carbocycles. The van der Waals surface area contributed by atoms with E-state index in [4.69, 9.17) is 10.5 Å². The third-order valence-electron chi connectivity index (χ3n) is 3.21. The van der Waals surface area contributed by atoms with E-state index in [1.54, 1.807) is 0 Å². The van der Waals surface area contributed by atoms with Gasteiger partial charge in [0, 0.05) is 5.56 Å². The zero-order chi connectivity index (χ0) is 16.1. The van der Waals surface area contributed by atoms with Crippen LogP contribution < -0.4 is 5.32 Å². The standard InChI is InChI=1S/C19H10N4/c20-12-15(13-21)19-18(11-10-14-6-2-1-3-7-14)22-16-8-4-5-9-17(16)23-19/h1-9,23H. The number of para-hydroxylation sites is 2. The normalized spacial score (nSPS) is 11.6. The largest absolute Gasteiger partial charge is 0.350 e. The smallest absolute Gasteiger partial charge is 0.155 e. The summed E-state index contributed by atoms with van der Waals surface area (Å²) in [6.07, 6.45) is 0. The van der Waals surface area contributed by atoms with Crippen LogP contribution in [0.4, 0.5) is 11.4 Å². The van der Waals surface area contributed by atoms with Gasteiger partial charge in [-0.2, -0.15) is 10.5 Å². The van der Waals surface area contributed by atoms with E-state index in [1.165, 1.54) is 0 Å². The number of anilines is 1. The van der Waals surface area contributed by atoms with E-state index in [-0.39, 0.29) is 5.57 Å². The highest BCUT2D eigenvalue weighted by molar-refractivity contribution is 6.18. The summed E-state index contributed by atoms with van der Waals surface area (Å²) < 4.78 is 0. The topological polar surface area (TPSA) is 72.0 Å². The Balaban J connectivity index is 2.13. The molecule has 1 aliphatic rings. The molecule has 1 heterocycles. The van der Waals surface area contributed by atoms with Crippen LogP contribution in [0.25, 0.3) is 0 Å². The van der Waals surface area contributed by atoms with Crippen LogP contribution in [0.2, 0.25) is 0 Å². The van der Waals surface area contributed by atoms with Crippen LogP contribution in [-0.2, 0) is 0 Å². The molecule has 1 aliphatic heterocycles. The van der Waals surface area contributed by atoms with E-state index in [9.17, 15) is 0 Å². The Kier molecular flexibility index (Phi) is 3.88. The van der Waals surface area contributed by atoms with E-state index < -0.39 is 0 Å². The molecule has 0 aromatic heterocycles. The lowest BCUT2D eigenvalue weighted by molar-refractivity contribution is 1.36. The Hall–Kier alpha value is -3.81. The third-order valence-corrected chi connectivity index (χ3v) is 3.21. The summed E-state index contributed by atoms with van der Waals surface area (Å²) >= 11 is 0. The Bertz CT molecular complexity index is 942. The van der Waals surface area contributed by atoms with Gasteiger partial charge in [-0.05, 0) is 30.2 Å². The van der Waals surface area contributed by atoms with Crippen molar-refractivity contribution in [2.45, 2.75) is 0 Å². The summed E-state index contributed by atoms with van der Waals surface area (Å²) in [6.45, 7) is 0. The Labute approximate surface area is 134 Å². The van der Waals surface area contributed by atoms with Gasteiger partial charge in [-0.1, -0.05) is 36.3 Å². The molecule has 0 saturated carbocycles. The second kappa shape index (κ2) is 6.31. The molecule has 0 amide bonds. The van der Waals surface area contributed by atoms with Gasteiger partial charge in [0.1, 0.15) is 23.5 Å². The summed E-state index contributed by atoms with van der Waals surface area (Å²) in [4.78, 5) is 4.48. The van der Waals surface area contributed by atoms with E-state index >= 15 is 0 Å².